The van der Waals surface area contributed by atoms with Crippen LogP contribution < -0.4 is 30.3 Å². The number of methoxy groups -OCH3 is 1. The highest BCUT2D eigenvalue weighted by Crippen LogP contribution is 2.49. The number of primary amides is 1. The van der Waals surface area contributed by atoms with Gasteiger partial charge in [-0.3, -0.25) is 24.4 Å². The Bertz CT molecular complexity index is 1670. The van der Waals surface area contributed by atoms with Gasteiger partial charge in [-0.1, -0.05) is 0 Å². The topological polar surface area (TPSA) is 127 Å². The Morgan fingerprint density at radius 1 is 1.02 bits per heavy atom. The number of nitrogens with zero attached hydrogens (tertiary/aromatic N) is 3. The second kappa shape index (κ2) is 10.1. The molecule has 1 saturated heterocycles. The lowest BCUT2D eigenvalue weighted by atomic mass is 10.0. The highest BCUT2D eigenvalue weighted by molar-refractivity contribution is 6.16. The van der Waals surface area contributed by atoms with E-state index in [4.69, 9.17) is 15.2 Å². The molecule has 3 aromatic carbocycles. The molecule has 3 N–H and O–H groups in total. The predicted molar refractivity (Wildman–Crippen MR) is 150 cm³/mol. The monoisotopic (exact) mass is 555 g/mol. The summed E-state index contributed by atoms with van der Waals surface area (Å²) >= 11 is 0. The van der Waals surface area contributed by atoms with Gasteiger partial charge in [-0.05, 0) is 79.6 Å². The van der Waals surface area contributed by atoms with E-state index in [1.54, 1.807) is 53.6 Å². The van der Waals surface area contributed by atoms with Crippen LogP contribution in [0.2, 0.25) is 0 Å². The Hall–Kier alpha value is -5.19. The molecule has 4 aromatic rings. The van der Waals surface area contributed by atoms with Crippen molar-refractivity contribution in [1.29, 1.82) is 0 Å². The molecule has 4 amide bonds. The fourth-order valence-electron chi connectivity index (χ4n) is 4.97. The average Bonchev–Trinajstić information content (AvgIpc) is 3.69. The number of hydrogen-bond donors (Lipinski definition) is 2. The van der Waals surface area contributed by atoms with Gasteiger partial charge in [0.15, 0.2) is 0 Å². The van der Waals surface area contributed by atoms with Crippen LogP contribution in [0.5, 0.6) is 17.2 Å². The number of hydrogen-bond acceptors (Lipinski definition) is 6. The van der Waals surface area contributed by atoms with Gasteiger partial charge >= 0.3 is 6.03 Å². The number of nitrogens with one attached hydrogen (secondary N) is 1. The molecule has 41 heavy (non-hydrogen) atoms. The third kappa shape index (κ3) is 4.65. The number of anilines is 3. The van der Waals surface area contributed by atoms with Crippen LogP contribution in [0.3, 0.4) is 0 Å². The molecule has 1 saturated carbocycles. The number of halogens is 1. The fourth-order valence-corrected chi connectivity index (χ4v) is 4.97. The van der Waals surface area contributed by atoms with Crippen LogP contribution in [-0.2, 0) is 9.59 Å². The number of rotatable bonds is 8. The minimum atomic E-state index is -1.27. The number of amides is 4. The second-order valence-corrected chi connectivity index (χ2v) is 9.89. The van der Waals surface area contributed by atoms with Crippen molar-refractivity contribution in [3.05, 3.63) is 78.7 Å². The molecule has 2 fully saturated rings. The zero-order valence-corrected chi connectivity index (χ0v) is 22.1. The number of carbonyl (C=O) groups is 3. The smallest absolute Gasteiger partial charge is 0.322 e. The van der Waals surface area contributed by atoms with Gasteiger partial charge in [-0.15, -0.1) is 0 Å². The second-order valence-electron chi connectivity index (χ2n) is 9.89. The van der Waals surface area contributed by atoms with Crippen LogP contribution >= 0.6 is 0 Å². The zero-order valence-electron chi connectivity index (χ0n) is 22.1. The first-order valence-corrected chi connectivity index (χ1v) is 13.0. The molecule has 6 rings (SSSR count). The Balaban J connectivity index is 1.32. The third-order valence-electron chi connectivity index (χ3n) is 7.39. The van der Waals surface area contributed by atoms with E-state index in [-0.39, 0.29) is 6.03 Å². The van der Waals surface area contributed by atoms with Crippen LogP contribution in [0, 0.1) is 11.2 Å². The van der Waals surface area contributed by atoms with Crippen molar-refractivity contribution in [2.24, 2.45) is 11.1 Å². The van der Waals surface area contributed by atoms with Gasteiger partial charge in [0, 0.05) is 36.0 Å². The Morgan fingerprint density at radius 2 is 1.71 bits per heavy atom. The number of benzene rings is 3. The molecular weight excluding hydrogens is 529 g/mol. The Morgan fingerprint density at radius 3 is 2.29 bits per heavy atom. The van der Waals surface area contributed by atoms with E-state index in [1.807, 2.05) is 0 Å². The molecule has 0 radical (unpaired) electrons. The van der Waals surface area contributed by atoms with Crippen molar-refractivity contribution in [3.63, 3.8) is 0 Å². The molecule has 10 nitrogen and oxygen atoms in total. The van der Waals surface area contributed by atoms with E-state index >= 15 is 0 Å². The normalized spacial score (nSPS) is 15.4. The zero-order chi connectivity index (χ0) is 28.7. The van der Waals surface area contributed by atoms with Crippen molar-refractivity contribution in [2.45, 2.75) is 12.8 Å². The Kier molecular flexibility index (Phi) is 6.41. The number of carbonyl (C=O) groups excluding carboxylic acids is 3. The summed E-state index contributed by atoms with van der Waals surface area (Å²) < 4.78 is 25.4. The lowest BCUT2D eigenvalue weighted by molar-refractivity contribution is -0.133. The molecule has 208 valence electrons. The summed E-state index contributed by atoms with van der Waals surface area (Å²) in [6.07, 6.45) is 2.34. The molecule has 0 spiro atoms. The molecule has 11 heteroatoms. The number of urea groups is 1. The van der Waals surface area contributed by atoms with E-state index < -0.39 is 23.0 Å². The first-order valence-electron chi connectivity index (χ1n) is 13.0. The van der Waals surface area contributed by atoms with Crippen molar-refractivity contribution >= 4 is 45.8 Å². The first kappa shape index (κ1) is 26.1. The van der Waals surface area contributed by atoms with Gasteiger partial charge in [-0.25, -0.2) is 9.18 Å². The third-order valence-corrected chi connectivity index (χ3v) is 7.39. The molecule has 2 heterocycles. The average molecular weight is 556 g/mol. The van der Waals surface area contributed by atoms with Gasteiger partial charge in [-0.2, -0.15) is 0 Å². The highest BCUT2D eigenvalue weighted by atomic mass is 19.1. The first-order chi connectivity index (χ1) is 19.8. The van der Waals surface area contributed by atoms with Crippen molar-refractivity contribution in [2.75, 3.05) is 30.0 Å². The van der Waals surface area contributed by atoms with Crippen LogP contribution in [0.4, 0.5) is 26.2 Å². The maximum absolute atomic E-state index is 13.6. The molecule has 0 unspecified atom stereocenters. The summed E-state index contributed by atoms with van der Waals surface area (Å²) in [6.45, 7) is 1.06. The Labute approximate surface area is 234 Å². The lowest BCUT2D eigenvalue weighted by Gasteiger charge is -2.26. The van der Waals surface area contributed by atoms with Crippen molar-refractivity contribution < 1.29 is 28.2 Å². The van der Waals surface area contributed by atoms with Gasteiger partial charge in [0.1, 0.15) is 28.5 Å². The van der Waals surface area contributed by atoms with Crippen molar-refractivity contribution in [3.8, 4) is 17.2 Å². The number of nitrogens with two attached hydrogens (primary N) is 1. The number of pyridine rings is 1. The number of aromatic nitrogens is 1. The molecular formula is C30H26FN5O5. The van der Waals surface area contributed by atoms with E-state index in [0.29, 0.717) is 71.1 Å². The van der Waals surface area contributed by atoms with Gasteiger partial charge < -0.3 is 20.5 Å². The van der Waals surface area contributed by atoms with Crippen LogP contribution in [0.25, 0.3) is 10.9 Å². The van der Waals surface area contributed by atoms with Crippen LogP contribution in [0.1, 0.15) is 12.8 Å². The van der Waals surface area contributed by atoms with Crippen LogP contribution in [-0.4, -0.2) is 43.0 Å². The number of fused-ring (bicyclic) bond motifs is 1. The van der Waals surface area contributed by atoms with E-state index in [0.717, 1.165) is 0 Å². The SMILES string of the molecule is COc1cc2c(Oc3ccc(N(C(=O)C4(C(N)=O)CC4)c4ccc(F)cc4)cc3)ccnc2cc1N1CCNC1=O. The molecule has 2 aliphatic rings. The lowest BCUT2D eigenvalue weighted by Crippen LogP contribution is -2.41. The molecule has 1 aromatic heterocycles. The van der Waals surface area contributed by atoms with E-state index in [2.05, 4.69) is 10.3 Å². The number of ether oxygens (including phenoxy) is 2. The summed E-state index contributed by atoms with van der Waals surface area (Å²) in [5.41, 5.74) is 6.41. The summed E-state index contributed by atoms with van der Waals surface area (Å²) in [4.78, 5) is 45.3. The molecule has 1 aliphatic heterocycles. The quantitative estimate of drug-likeness (QED) is 0.305. The molecule has 0 atom stereocenters. The molecule has 1 aliphatic carbocycles. The van der Waals surface area contributed by atoms with E-state index in [1.165, 1.54) is 36.3 Å². The van der Waals surface area contributed by atoms with E-state index in [9.17, 15) is 18.8 Å². The maximum Gasteiger partial charge on any atom is 0.322 e. The predicted octanol–water partition coefficient (Wildman–Crippen LogP) is 4.63. The van der Waals surface area contributed by atoms with Gasteiger partial charge in [0.05, 0.1) is 18.3 Å². The maximum atomic E-state index is 13.6. The van der Waals surface area contributed by atoms with Gasteiger partial charge in [0.25, 0.3) is 0 Å². The minimum absolute atomic E-state index is 0.202. The standard InChI is InChI=1S/C30H26FN5O5/c1-40-26-16-22-23(17-24(26)35-15-14-34-29(35)39)33-13-10-25(22)41-21-8-6-20(7-9-21)36(19-4-2-18(31)3-5-19)28(38)30(11-12-30)27(32)37/h2-10,13,16-17H,11-12,14-15H2,1H3,(H2,32,37)(H,34,39). The summed E-state index contributed by atoms with van der Waals surface area (Å²) in [7, 11) is 1.53. The summed E-state index contributed by atoms with van der Waals surface area (Å²) in [6, 6.07) is 17.3. The minimum Gasteiger partial charge on any atom is -0.495 e. The summed E-state index contributed by atoms with van der Waals surface area (Å²) in [5, 5.41) is 3.46. The van der Waals surface area contributed by atoms with Crippen LogP contribution in [0.15, 0.2) is 72.9 Å². The highest BCUT2D eigenvalue weighted by Gasteiger charge is 2.57. The van der Waals surface area contributed by atoms with Crippen molar-refractivity contribution in [1.82, 2.24) is 10.3 Å². The van der Waals surface area contributed by atoms with Gasteiger partial charge in [0.2, 0.25) is 11.8 Å². The fraction of sp³-hybridized carbons (Fsp3) is 0.200. The summed E-state index contributed by atoms with van der Waals surface area (Å²) in [5.74, 6) is -0.0953. The molecule has 0 bridgehead atoms. The largest absolute Gasteiger partial charge is 0.495 e.